The number of nitrogens with zero attached hydrogens (tertiary/aromatic N) is 1. The van der Waals surface area contributed by atoms with Gasteiger partial charge in [0.1, 0.15) is 18.8 Å². The summed E-state index contributed by atoms with van der Waals surface area (Å²) < 4.78 is 4.82. The Morgan fingerprint density at radius 3 is 2.40 bits per heavy atom. The third-order valence-electron chi connectivity index (χ3n) is 1.78. The van der Waals surface area contributed by atoms with Gasteiger partial charge in [0, 0.05) is 0 Å². The Morgan fingerprint density at radius 2 is 2.00 bits per heavy atom. The lowest BCUT2D eigenvalue weighted by molar-refractivity contribution is -0.146. The van der Waals surface area contributed by atoms with Crippen LogP contribution in [0.4, 0.5) is 0 Å². The Labute approximate surface area is 90.2 Å². The van der Waals surface area contributed by atoms with Gasteiger partial charge in [0.2, 0.25) is 0 Å². The number of nitriles is 1. The van der Waals surface area contributed by atoms with Crippen molar-refractivity contribution in [1.29, 1.82) is 5.26 Å². The Kier molecular flexibility index (Phi) is 6.35. The lowest BCUT2D eigenvalue weighted by atomic mass is 9.99. The molecule has 0 aromatic rings. The summed E-state index contributed by atoms with van der Waals surface area (Å²) in [5.41, 5.74) is 0. The van der Waals surface area contributed by atoms with Crippen molar-refractivity contribution < 1.29 is 14.3 Å². The zero-order valence-electron chi connectivity index (χ0n) is 9.45. The highest BCUT2D eigenvalue weighted by Gasteiger charge is 2.13. The molecule has 1 atom stereocenters. The van der Waals surface area contributed by atoms with Gasteiger partial charge < -0.3 is 4.74 Å². The lowest BCUT2D eigenvalue weighted by Gasteiger charge is -2.11. The van der Waals surface area contributed by atoms with Crippen molar-refractivity contribution in [3.05, 3.63) is 0 Å². The number of Topliss-reactive ketones (excluding diaryl/α,β-unsaturated/α-hetero) is 1. The molecule has 0 aliphatic rings. The predicted molar refractivity (Wildman–Crippen MR) is 54.8 cm³/mol. The maximum absolute atomic E-state index is 11.0. The molecule has 1 unspecified atom stereocenters. The quantitative estimate of drug-likeness (QED) is 0.495. The van der Waals surface area contributed by atoms with Gasteiger partial charge in [-0.25, -0.2) is 0 Å². The highest BCUT2D eigenvalue weighted by atomic mass is 16.5. The van der Waals surface area contributed by atoms with Gasteiger partial charge in [0.25, 0.3) is 0 Å². The second-order valence-electron chi connectivity index (χ2n) is 4.02. The molecule has 0 heterocycles. The molecule has 0 aromatic heterocycles. The van der Waals surface area contributed by atoms with E-state index in [1.165, 1.54) is 6.92 Å². The summed E-state index contributed by atoms with van der Waals surface area (Å²) in [6.07, 6.45) is 0.490. The van der Waals surface area contributed by atoms with E-state index < -0.39 is 5.97 Å². The first-order valence-corrected chi connectivity index (χ1v) is 5.00. The first-order chi connectivity index (χ1) is 6.95. The Balaban J connectivity index is 3.86. The lowest BCUT2D eigenvalue weighted by Crippen LogP contribution is -2.16. The summed E-state index contributed by atoms with van der Waals surface area (Å²) in [5, 5.41) is 8.76. The predicted octanol–water partition coefficient (Wildman–Crippen LogP) is 1.69. The number of rotatable bonds is 6. The number of ether oxygens (including phenoxy) is 1. The van der Waals surface area contributed by atoms with Gasteiger partial charge in [0.15, 0.2) is 0 Å². The van der Waals surface area contributed by atoms with Crippen LogP contribution in [-0.4, -0.2) is 18.4 Å². The maximum atomic E-state index is 11.0. The van der Waals surface area contributed by atoms with Crippen molar-refractivity contribution in [2.24, 2.45) is 11.8 Å². The van der Waals surface area contributed by atoms with Crippen LogP contribution in [0, 0.1) is 23.2 Å². The van der Waals surface area contributed by atoms with Crippen molar-refractivity contribution in [3.8, 4) is 6.07 Å². The average Bonchev–Trinajstić information content (AvgIpc) is 2.10. The molecule has 0 saturated heterocycles. The summed E-state index contributed by atoms with van der Waals surface area (Å²) in [6.45, 7) is 5.42. The zero-order valence-corrected chi connectivity index (χ0v) is 9.45. The smallest absolute Gasteiger partial charge is 0.313 e. The summed E-state index contributed by atoms with van der Waals surface area (Å²) in [6, 6.07) is 2.08. The van der Waals surface area contributed by atoms with Crippen LogP contribution >= 0.6 is 0 Å². The van der Waals surface area contributed by atoms with E-state index in [9.17, 15) is 9.59 Å². The van der Waals surface area contributed by atoms with Crippen molar-refractivity contribution in [2.45, 2.75) is 33.6 Å². The van der Waals surface area contributed by atoms with Gasteiger partial charge in [-0.15, -0.1) is 0 Å². The number of esters is 1. The summed E-state index contributed by atoms with van der Waals surface area (Å²) >= 11 is 0. The molecule has 0 spiro atoms. The minimum absolute atomic E-state index is 0.0841. The number of hydrogen-bond donors (Lipinski definition) is 0. The molecule has 84 valence electrons. The second-order valence-corrected chi connectivity index (χ2v) is 4.02. The first kappa shape index (κ1) is 13.6. The fraction of sp³-hybridized carbons (Fsp3) is 0.727. The molecule has 0 aliphatic heterocycles. The van der Waals surface area contributed by atoms with E-state index in [1.54, 1.807) is 0 Å². The van der Waals surface area contributed by atoms with Crippen LogP contribution in [0.1, 0.15) is 33.6 Å². The van der Waals surface area contributed by atoms with Crippen molar-refractivity contribution >= 4 is 11.8 Å². The summed E-state index contributed by atoms with van der Waals surface area (Å²) in [7, 11) is 0. The molecule has 15 heavy (non-hydrogen) atoms. The average molecular weight is 211 g/mol. The Bertz CT molecular complexity index is 265. The van der Waals surface area contributed by atoms with E-state index in [1.807, 2.05) is 13.8 Å². The monoisotopic (exact) mass is 211 g/mol. The van der Waals surface area contributed by atoms with Crippen molar-refractivity contribution in [2.75, 3.05) is 6.61 Å². The van der Waals surface area contributed by atoms with E-state index in [0.29, 0.717) is 12.3 Å². The molecule has 0 fully saturated rings. The zero-order chi connectivity index (χ0) is 11.8. The SMILES string of the molecule is CC(=O)CC(=O)OCC(C#N)CC(C)C. The molecule has 0 aliphatic carbocycles. The highest BCUT2D eigenvalue weighted by Crippen LogP contribution is 2.11. The molecule has 0 saturated carbocycles. The molecule has 4 heteroatoms. The maximum Gasteiger partial charge on any atom is 0.313 e. The minimum atomic E-state index is -0.550. The molecule has 0 radical (unpaired) electrons. The Hall–Kier alpha value is -1.37. The normalized spacial score (nSPS) is 11.9. The van der Waals surface area contributed by atoms with Crippen molar-refractivity contribution in [1.82, 2.24) is 0 Å². The molecule has 0 N–H and O–H groups in total. The molecular formula is C11H17NO3. The molecule has 4 nitrogen and oxygen atoms in total. The van der Waals surface area contributed by atoms with Crippen LogP contribution in [0.15, 0.2) is 0 Å². The molecule has 0 amide bonds. The van der Waals surface area contributed by atoms with Crippen LogP contribution in [-0.2, 0) is 14.3 Å². The second kappa shape index (κ2) is 6.99. The van der Waals surface area contributed by atoms with Gasteiger partial charge in [-0.05, 0) is 19.3 Å². The van der Waals surface area contributed by atoms with Crippen LogP contribution in [0.3, 0.4) is 0 Å². The number of carbonyl (C=O) groups is 2. The number of hydrogen-bond acceptors (Lipinski definition) is 4. The van der Waals surface area contributed by atoms with Gasteiger partial charge in [-0.1, -0.05) is 13.8 Å². The summed E-state index contributed by atoms with van der Waals surface area (Å²) in [5.74, 6) is -0.661. The minimum Gasteiger partial charge on any atom is -0.464 e. The summed E-state index contributed by atoms with van der Waals surface area (Å²) in [4.78, 5) is 21.6. The molecule has 0 rings (SSSR count). The van der Waals surface area contributed by atoms with E-state index >= 15 is 0 Å². The van der Waals surface area contributed by atoms with Gasteiger partial charge >= 0.3 is 5.97 Å². The standard InChI is InChI=1S/C11H17NO3/c1-8(2)4-10(6-12)7-15-11(14)5-9(3)13/h8,10H,4-5,7H2,1-3H3. The fourth-order valence-electron chi connectivity index (χ4n) is 1.17. The largest absolute Gasteiger partial charge is 0.464 e. The van der Waals surface area contributed by atoms with Gasteiger partial charge in [0.05, 0.1) is 12.0 Å². The third-order valence-corrected chi connectivity index (χ3v) is 1.78. The third kappa shape index (κ3) is 7.68. The van der Waals surface area contributed by atoms with E-state index in [4.69, 9.17) is 10.00 Å². The van der Waals surface area contributed by atoms with Crippen LogP contribution < -0.4 is 0 Å². The number of carbonyl (C=O) groups excluding carboxylic acids is 2. The highest BCUT2D eigenvalue weighted by molar-refractivity contribution is 5.94. The fourth-order valence-corrected chi connectivity index (χ4v) is 1.17. The van der Waals surface area contributed by atoms with E-state index in [2.05, 4.69) is 6.07 Å². The van der Waals surface area contributed by atoms with E-state index in [-0.39, 0.29) is 24.7 Å². The molecule has 0 aromatic carbocycles. The topological polar surface area (TPSA) is 67.2 Å². The Morgan fingerprint density at radius 1 is 1.40 bits per heavy atom. The van der Waals surface area contributed by atoms with Crippen LogP contribution in [0.2, 0.25) is 0 Å². The molecular weight excluding hydrogens is 194 g/mol. The van der Waals surface area contributed by atoms with E-state index in [0.717, 1.165) is 0 Å². The van der Waals surface area contributed by atoms with Gasteiger partial charge in [-0.3, -0.25) is 9.59 Å². The molecule has 0 bridgehead atoms. The van der Waals surface area contributed by atoms with Crippen LogP contribution in [0.5, 0.6) is 0 Å². The first-order valence-electron chi connectivity index (χ1n) is 5.00. The van der Waals surface area contributed by atoms with Crippen molar-refractivity contribution in [3.63, 3.8) is 0 Å². The van der Waals surface area contributed by atoms with Gasteiger partial charge in [-0.2, -0.15) is 5.26 Å². The van der Waals surface area contributed by atoms with Crippen LogP contribution in [0.25, 0.3) is 0 Å². The number of ketones is 1.